The number of aliphatic hydroxyl groups excluding tert-OH is 1. The van der Waals surface area contributed by atoms with Gasteiger partial charge < -0.3 is 10.0 Å². The number of rotatable bonds is 3. The van der Waals surface area contributed by atoms with Gasteiger partial charge in [0.1, 0.15) is 0 Å². The number of piperidine rings is 1. The van der Waals surface area contributed by atoms with Crippen molar-refractivity contribution in [2.45, 2.75) is 18.9 Å². The fourth-order valence-electron chi connectivity index (χ4n) is 3.12. The molecular weight excluding hydrogens is 246 g/mol. The molecule has 0 aliphatic carbocycles. The smallest absolute Gasteiger partial charge is 0.0545 e. The molecule has 1 aliphatic rings. The van der Waals surface area contributed by atoms with E-state index < -0.39 is 0 Å². The lowest BCUT2D eigenvalue weighted by Crippen LogP contribution is -2.37. The summed E-state index contributed by atoms with van der Waals surface area (Å²) in [4.78, 5) is 2.47. The number of anilines is 1. The average molecular weight is 267 g/mol. The molecule has 1 aliphatic heterocycles. The van der Waals surface area contributed by atoms with E-state index in [0.717, 1.165) is 19.4 Å². The number of para-hydroxylation sites is 1. The van der Waals surface area contributed by atoms with E-state index in [2.05, 4.69) is 65.6 Å². The van der Waals surface area contributed by atoms with Gasteiger partial charge in [0.05, 0.1) is 6.04 Å². The molecule has 1 heterocycles. The van der Waals surface area contributed by atoms with Crippen molar-refractivity contribution in [3.05, 3.63) is 66.2 Å². The van der Waals surface area contributed by atoms with Gasteiger partial charge in [0.2, 0.25) is 0 Å². The summed E-state index contributed by atoms with van der Waals surface area (Å²) in [6.45, 7) is 1.31. The van der Waals surface area contributed by atoms with Gasteiger partial charge in [0, 0.05) is 18.8 Å². The van der Waals surface area contributed by atoms with Crippen molar-refractivity contribution >= 4 is 5.69 Å². The molecule has 0 saturated carbocycles. The molecule has 104 valence electrons. The molecule has 0 aromatic heterocycles. The van der Waals surface area contributed by atoms with Crippen LogP contribution in [0.5, 0.6) is 0 Å². The summed E-state index contributed by atoms with van der Waals surface area (Å²) in [6.07, 6.45) is 2.09. The van der Waals surface area contributed by atoms with Crippen LogP contribution in [0.1, 0.15) is 24.4 Å². The Kier molecular flexibility index (Phi) is 4.03. The third-order valence-corrected chi connectivity index (χ3v) is 4.24. The van der Waals surface area contributed by atoms with Crippen LogP contribution in [-0.4, -0.2) is 18.3 Å². The van der Waals surface area contributed by atoms with Gasteiger partial charge in [-0.25, -0.2) is 0 Å². The molecule has 20 heavy (non-hydrogen) atoms. The summed E-state index contributed by atoms with van der Waals surface area (Å²) >= 11 is 0. The van der Waals surface area contributed by atoms with Crippen molar-refractivity contribution in [3.8, 4) is 0 Å². The molecule has 2 aromatic carbocycles. The summed E-state index contributed by atoms with van der Waals surface area (Å²) in [5, 5.41) is 9.49. The molecular formula is C18H21NO. The topological polar surface area (TPSA) is 23.5 Å². The first kappa shape index (κ1) is 13.2. The van der Waals surface area contributed by atoms with Crippen LogP contribution in [0.2, 0.25) is 0 Å². The SMILES string of the molecule is OC[C@@H]1CCN(c2ccccc2)[C@H](c2ccccc2)C1. The van der Waals surface area contributed by atoms with Crippen LogP contribution < -0.4 is 4.90 Å². The van der Waals surface area contributed by atoms with Crippen molar-refractivity contribution in [1.82, 2.24) is 0 Å². The Bertz CT molecular complexity index is 526. The Balaban J connectivity index is 1.91. The van der Waals surface area contributed by atoms with Crippen LogP contribution in [0.15, 0.2) is 60.7 Å². The normalized spacial score (nSPS) is 22.8. The van der Waals surface area contributed by atoms with Gasteiger partial charge in [-0.2, -0.15) is 0 Å². The molecule has 0 spiro atoms. The van der Waals surface area contributed by atoms with E-state index in [9.17, 15) is 5.11 Å². The highest BCUT2D eigenvalue weighted by atomic mass is 16.3. The Hall–Kier alpha value is -1.80. The fourth-order valence-corrected chi connectivity index (χ4v) is 3.12. The van der Waals surface area contributed by atoms with Crippen molar-refractivity contribution < 1.29 is 5.11 Å². The highest BCUT2D eigenvalue weighted by molar-refractivity contribution is 5.49. The Morgan fingerprint density at radius 3 is 2.25 bits per heavy atom. The predicted octanol–water partition coefficient (Wildman–Crippen LogP) is 3.64. The maximum absolute atomic E-state index is 9.49. The number of aliphatic hydroxyl groups is 1. The van der Waals surface area contributed by atoms with Crippen molar-refractivity contribution in [2.24, 2.45) is 5.92 Å². The van der Waals surface area contributed by atoms with E-state index in [-0.39, 0.29) is 0 Å². The second-order valence-electron chi connectivity index (χ2n) is 5.53. The first-order chi connectivity index (χ1) is 9.88. The van der Waals surface area contributed by atoms with Crippen LogP contribution in [0, 0.1) is 5.92 Å². The van der Waals surface area contributed by atoms with Gasteiger partial charge in [0.15, 0.2) is 0 Å². The molecule has 2 nitrogen and oxygen atoms in total. The Morgan fingerprint density at radius 2 is 1.60 bits per heavy atom. The third kappa shape index (κ3) is 2.70. The van der Waals surface area contributed by atoms with Gasteiger partial charge in [-0.3, -0.25) is 0 Å². The lowest BCUT2D eigenvalue weighted by Gasteiger charge is -2.41. The van der Waals surface area contributed by atoms with Crippen molar-refractivity contribution in [3.63, 3.8) is 0 Å². The zero-order valence-electron chi connectivity index (χ0n) is 11.7. The minimum Gasteiger partial charge on any atom is -0.396 e. The largest absolute Gasteiger partial charge is 0.396 e. The van der Waals surface area contributed by atoms with E-state index >= 15 is 0 Å². The van der Waals surface area contributed by atoms with Gasteiger partial charge in [-0.1, -0.05) is 48.5 Å². The maximum Gasteiger partial charge on any atom is 0.0545 e. The van der Waals surface area contributed by atoms with Crippen molar-refractivity contribution in [1.29, 1.82) is 0 Å². The van der Waals surface area contributed by atoms with E-state index in [1.807, 2.05) is 0 Å². The van der Waals surface area contributed by atoms with Gasteiger partial charge in [-0.15, -0.1) is 0 Å². The predicted molar refractivity (Wildman–Crippen MR) is 82.8 cm³/mol. The van der Waals surface area contributed by atoms with Crippen LogP contribution in [0.4, 0.5) is 5.69 Å². The minimum atomic E-state index is 0.298. The molecule has 3 rings (SSSR count). The summed E-state index contributed by atoms with van der Waals surface area (Å²) in [7, 11) is 0. The van der Waals surface area contributed by atoms with Crippen LogP contribution in [0.3, 0.4) is 0 Å². The highest BCUT2D eigenvalue weighted by Gasteiger charge is 2.29. The molecule has 0 amide bonds. The van der Waals surface area contributed by atoms with Gasteiger partial charge >= 0.3 is 0 Å². The standard InChI is InChI=1S/C18H21NO/c20-14-15-11-12-19(17-9-5-2-6-10-17)18(13-15)16-7-3-1-4-8-16/h1-10,15,18,20H,11-14H2/t15-,18+/m1/s1. The number of hydrogen-bond acceptors (Lipinski definition) is 2. The molecule has 1 N–H and O–H groups in total. The molecule has 0 unspecified atom stereocenters. The van der Waals surface area contributed by atoms with Crippen LogP contribution in [-0.2, 0) is 0 Å². The lowest BCUT2D eigenvalue weighted by molar-refractivity contribution is 0.188. The molecule has 1 fully saturated rings. The summed E-state index contributed by atoms with van der Waals surface area (Å²) in [5.41, 5.74) is 2.62. The van der Waals surface area contributed by atoms with E-state index in [1.54, 1.807) is 0 Å². The zero-order chi connectivity index (χ0) is 13.8. The molecule has 1 saturated heterocycles. The second kappa shape index (κ2) is 6.10. The third-order valence-electron chi connectivity index (χ3n) is 4.24. The molecule has 2 heteroatoms. The van der Waals surface area contributed by atoms with Crippen LogP contribution in [0.25, 0.3) is 0 Å². The van der Waals surface area contributed by atoms with E-state index in [0.29, 0.717) is 18.6 Å². The summed E-state index contributed by atoms with van der Waals surface area (Å²) in [5.74, 6) is 0.417. The maximum atomic E-state index is 9.49. The van der Waals surface area contributed by atoms with E-state index in [1.165, 1.54) is 11.3 Å². The lowest BCUT2D eigenvalue weighted by atomic mass is 9.87. The highest BCUT2D eigenvalue weighted by Crippen LogP contribution is 2.37. The minimum absolute atomic E-state index is 0.298. The number of hydrogen-bond donors (Lipinski definition) is 1. The summed E-state index contributed by atoms with van der Waals surface area (Å²) in [6, 6.07) is 21.6. The molecule has 0 bridgehead atoms. The quantitative estimate of drug-likeness (QED) is 0.918. The summed E-state index contributed by atoms with van der Waals surface area (Å²) < 4.78 is 0. The zero-order valence-corrected chi connectivity index (χ0v) is 11.7. The Morgan fingerprint density at radius 1 is 0.950 bits per heavy atom. The van der Waals surface area contributed by atoms with Crippen molar-refractivity contribution in [2.75, 3.05) is 18.1 Å². The molecule has 2 aromatic rings. The number of benzene rings is 2. The van der Waals surface area contributed by atoms with Gasteiger partial charge in [-0.05, 0) is 36.5 Å². The monoisotopic (exact) mass is 267 g/mol. The molecule has 0 radical (unpaired) electrons. The Labute approximate surface area is 120 Å². The first-order valence-corrected chi connectivity index (χ1v) is 7.36. The molecule has 2 atom stereocenters. The van der Waals surface area contributed by atoms with Gasteiger partial charge in [0.25, 0.3) is 0 Å². The average Bonchev–Trinajstić information content (AvgIpc) is 2.56. The second-order valence-corrected chi connectivity index (χ2v) is 5.53. The van der Waals surface area contributed by atoms with Crippen LogP contribution >= 0.6 is 0 Å². The number of nitrogens with zero attached hydrogens (tertiary/aromatic N) is 1. The fraction of sp³-hybridized carbons (Fsp3) is 0.333. The first-order valence-electron chi connectivity index (χ1n) is 7.36. The van der Waals surface area contributed by atoms with E-state index in [4.69, 9.17) is 0 Å².